The minimum Gasteiger partial charge on any atom is -0.501 e. The highest BCUT2D eigenvalue weighted by Crippen LogP contribution is 2.30. The van der Waals surface area contributed by atoms with Crippen molar-refractivity contribution in [3.05, 3.63) is 48.0 Å². The van der Waals surface area contributed by atoms with Gasteiger partial charge in [-0.1, -0.05) is 12.1 Å². The molecule has 1 unspecified atom stereocenters. The van der Waals surface area contributed by atoms with Gasteiger partial charge in [0.2, 0.25) is 0 Å². The van der Waals surface area contributed by atoms with Crippen LogP contribution in [-0.2, 0) is 4.74 Å². The number of hydrogen-bond acceptors (Lipinski definition) is 4. The average molecular weight is 255 g/mol. The molecule has 0 fully saturated rings. The maximum Gasteiger partial charge on any atom is 0.0937 e. The van der Waals surface area contributed by atoms with E-state index in [0.29, 0.717) is 0 Å². The van der Waals surface area contributed by atoms with E-state index in [2.05, 4.69) is 21.4 Å². The molecule has 0 bridgehead atoms. The second kappa shape index (κ2) is 5.36. The zero-order chi connectivity index (χ0) is 13.1. The Bertz CT molecular complexity index is 604. The van der Waals surface area contributed by atoms with Gasteiger partial charge in [0.1, 0.15) is 0 Å². The van der Waals surface area contributed by atoms with Crippen LogP contribution < -0.4 is 5.32 Å². The second-order valence-corrected chi connectivity index (χ2v) is 4.66. The van der Waals surface area contributed by atoms with Gasteiger partial charge in [0.15, 0.2) is 0 Å². The highest BCUT2D eigenvalue weighted by molar-refractivity contribution is 5.78. The van der Waals surface area contributed by atoms with Crippen LogP contribution in [0.4, 0.5) is 0 Å². The number of hydrogen-bond donors (Lipinski definition) is 1. The lowest BCUT2D eigenvalue weighted by atomic mass is 9.94. The molecule has 1 N–H and O–H groups in total. The molecule has 1 aromatic carbocycles. The van der Waals surface area contributed by atoms with Crippen molar-refractivity contribution in [2.45, 2.75) is 18.9 Å². The van der Waals surface area contributed by atoms with E-state index in [4.69, 9.17) is 4.74 Å². The van der Waals surface area contributed by atoms with Gasteiger partial charge in [0, 0.05) is 18.0 Å². The molecular weight excluding hydrogens is 238 g/mol. The summed E-state index contributed by atoms with van der Waals surface area (Å²) in [5.74, 6) is 0. The molecule has 2 heterocycles. The van der Waals surface area contributed by atoms with E-state index < -0.39 is 0 Å². The molecule has 4 heteroatoms. The molecule has 19 heavy (non-hydrogen) atoms. The number of aromatic nitrogens is 2. The number of nitrogens with one attached hydrogen (secondary N) is 1. The average Bonchev–Trinajstić information content (AvgIpc) is 2.49. The first-order valence-electron chi connectivity index (χ1n) is 6.57. The fraction of sp³-hybridized carbons (Fsp3) is 0.333. The summed E-state index contributed by atoms with van der Waals surface area (Å²) in [6, 6.07) is 6.26. The van der Waals surface area contributed by atoms with E-state index in [9.17, 15) is 0 Å². The first-order chi connectivity index (χ1) is 9.40. The Balaban J connectivity index is 2.08. The molecular formula is C15H17N3O. The van der Waals surface area contributed by atoms with Gasteiger partial charge >= 0.3 is 0 Å². The predicted octanol–water partition coefficient (Wildman–Crippen LogP) is 2.58. The van der Waals surface area contributed by atoms with Crippen LogP contribution in [0, 0.1) is 0 Å². The summed E-state index contributed by atoms with van der Waals surface area (Å²) in [4.78, 5) is 8.84. The Labute approximate surface area is 112 Å². The molecule has 4 nitrogen and oxygen atoms in total. The van der Waals surface area contributed by atoms with E-state index in [-0.39, 0.29) is 6.04 Å². The minimum atomic E-state index is 0.140. The molecule has 3 rings (SSSR count). The SMILES string of the molecule is CNC(C1=COCCC1)c1cccc2nccnc12. The van der Waals surface area contributed by atoms with Crippen LogP contribution in [0.15, 0.2) is 42.4 Å². The Morgan fingerprint density at radius 3 is 2.95 bits per heavy atom. The lowest BCUT2D eigenvalue weighted by molar-refractivity contribution is 0.220. The number of rotatable bonds is 3. The Morgan fingerprint density at radius 1 is 1.26 bits per heavy atom. The molecule has 1 atom stereocenters. The molecule has 0 saturated heterocycles. The van der Waals surface area contributed by atoms with Gasteiger partial charge in [-0.3, -0.25) is 9.97 Å². The van der Waals surface area contributed by atoms with Gasteiger partial charge in [0.25, 0.3) is 0 Å². The van der Waals surface area contributed by atoms with Gasteiger partial charge in [-0.05, 0) is 31.5 Å². The van der Waals surface area contributed by atoms with Gasteiger partial charge in [0.05, 0.1) is 29.9 Å². The molecule has 1 aromatic heterocycles. The Morgan fingerprint density at radius 2 is 2.16 bits per heavy atom. The first-order valence-corrected chi connectivity index (χ1v) is 6.57. The summed E-state index contributed by atoms with van der Waals surface area (Å²) in [7, 11) is 1.97. The zero-order valence-electron chi connectivity index (χ0n) is 11.0. The quantitative estimate of drug-likeness (QED) is 0.915. The molecule has 0 aliphatic carbocycles. The largest absolute Gasteiger partial charge is 0.501 e. The van der Waals surface area contributed by atoms with Crippen molar-refractivity contribution >= 4 is 11.0 Å². The van der Waals surface area contributed by atoms with Crippen LogP contribution in [0.25, 0.3) is 11.0 Å². The van der Waals surface area contributed by atoms with E-state index in [0.717, 1.165) is 36.0 Å². The first kappa shape index (κ1) is 12.1. The maximum atomic E-state index is 5.46. The van der Waals surface area contributed by atoms with Gasteiger partial charge in [-0.2, -0.15) is 0 Å². The molecule has 1 aliphatic rings. The predicted molar refractivity (Wildman–Crippen MR) is 74.6 cm³/mol. The lowest BCUT2D eigenvalue weighted by Gasteiger charge is -2.23. The van der Waals surface area contributed by atoms with Crippen LogP contribution in [-0.4, -0.2) is 23.6 Å². The third kappa shape index (κ3) is 2.31. The topological polar surface area (TPSA) is 47.0 Å². The van der Waals surface area contributed by atoms with Crippen molar-refractivity contribution in [2.75, 3.05) is 13.7 Å². The highest BCUT2D eigenvalue weighted by atomic mass is 16.5. The van der Waals surface area contributed by atoms with Gasteiger partial charge in [-0.25, -0.2) is 0 Å². The number of para-hydroxylation sites is 1. The molecule has 0 amide bonds. The fourth-order valence-corrected chi connectivity index (χ4v) is 2.59. The smallest absolute Gasteiger partial charge is 0.0937 e. The van der Waals surface area contributed by atoms with Crippen LogP contribution >= 0.6 is 0 Å². The van der Waals surface area contributed by atoms with Crippen LogP contribution in [0.2, 0.25) is 0 Å². The normalized spacial score (nSPS) is 16.8. The number of ether oxygens (including phenoxy) is 1. The van der Waals surface area contributed by atoms with E-state index in [1.54, 1.807) is 12.4 Å². The summed E-state index contributed by atoms with van der Waals surface area (Å²) >= 11 is 0. The number of fused-ring (bicyclic) bond motifs is 1. The van der Waals surface area contributed by atoms with Gasteiger partial charge < -0.3 is 10.1 Å². The van der Waals surface area contributed by atoms with Crippen molar-refractivity contribution < 1.29 is 4.74 Å². The summed E-state index contributed by atoms with van der Waals surface area (Å²) in [5, 5.41) is 3.36. The third-order valence-electron chi connectivity index (χ3n) is 3.46. The van der Waals surface area contributed by atoms with E-state index >= 15 is 0 Å². The molecule has 0 radical (unpaired) electrons. The molecule has 0 saturated carbocycles. The van der Waals surface area contributed by atoms with Crippen molar-refractivity contribution in [3.8, 4) is 0 Å². The van der Waals surface area contributed by atoms with E-state index in [1.807, 2.05) is 25.4 Å². The van der Waals surface area contributed by atoms with Crippen molar-refractivity contribution in [2.24, 2.45) is 0 Å². The highest BCUT2D eigenvalue weighted by Gasteiger charge is 2.20. The zero-order valence-corrected chi connectivity index (χ0v) is 11.0. The van der Waals surface area contributed by atoms with Gasteiger partial charge in [-0.15, -0.1) is 0 Å². The second-order valence-electron chi connectivity index (χ2n) is 4.66. The minimum absolute atomic E-state index is 0.140. The Hall–Kier alpha value is -1.94. The number of benzene rings is 1. The van der Waals surface area contributed by atoms with Crippen molar-refractivity contribution in [3.63, 3.8) is 0 Å². The van der Waals surface area contributed by atoms with Crippen LogP contribution in [0.5, 0.6) is 0 Å². The molecule has 1 aliphatic heterocycles. The summed E-state index contributed by atoms with van der Waals surface area (Å²) < 4.78 is 5.46. The monoisotopic (exact) mass is 255 g/mol. The summed E-state index contributed by atoms with van der Waals surface area (Å²) in [6.45, 7) is 0.815. The third-order valence-corrected chi connectivity index (χ3v) is 3.46. The van der Waals surface area contributed by atoms with Crippen molar-refractivity contribution in [1.29, 1.82) is 0 Å². The number of nitrogens with zero attached hydrogens (tertiary/aromatic N) is 2. The lowest BCUT2D eigenvalue weighted by Crippen LogP contribution is -2.21. The fourth-order valence-electron chi connectivity index (χ4n) is 2.59. The Kier molecular flexibility index (Phi) is 3.42. The van der Waals surface area contributed by atoms with Crippen molar-refractivity contribution in [1.82, 2.24) is 15.3 Å². The van der Waals surface area contributed by atoms with Crippen LogP contribution in [0.1, 0.15) is 24.4 Å². The maximum absolute atomic E-state index is 5.46. The molecule has 2 aromatic rings. The summed E-state index contributed by atoms with van der Waals surface area (Å²) in [5.41, 5.74) is 4.31. The summed E-state index contributed by atoms with van der Waals surface area (Å²) in [6.07, 6.45) is 7.48. The standard InChI is InChI=1S/C15H17N3O/c1-16-14(11-4-3-9-19-10-11)12-5-2-6-13-15(12)18-8-7-17-13/h2,5-8,10,14,16H,3-4,9H2,1H3. The molecule has 98 valence electrons. The molecule has 0 spiro atoms. The van der Waals surface area contributed by atoms with E-state index in [1.165, 1.54) is 5.57 Å². The van der Waals surface area contributed by atoms with Crippen LogP contribution in [0.3, 0.4) is 0 Å². The number of likely N-dealkylation sites (N-methyl/N-ethyl adjacent to an activating group) is 1.